The summed E-state index contributed by atoms with van der Waals surface area (Å²) in [6.07, 6.45) is 2.59. The highest BCUT2D eigenvalue weighted by Crippen LogP contribution is 2.36. The molecule has 0 amide bonds. The second-order valence-electron chi connectivity index (χ2n) is 26.1. The summed E-state index contributed by atoms with van der Waals surface area (Å²) in [5.41, 5.74) is 19.0. The van der Waals surface area contributed by atoms with E-state index in [0.29, 0.717) is 0 Å². The van der Waals surface area contributed by atoms with Gasteiger partial charge in [0.1, 0.15) is 11.0 Å². The smallest absolute Gasteiger partial charge is 0.160 e. The van der Waals surface area contributed by atoms with Crippen molar-refractivity contribution in [1.29, 1.82) is 0 Å². The molecule has 7 atom stereocenters. The molecule has 9 nitrogen and oxygen atoms in total. The lowest BCUT2D eigenvalue weighted by molar-refractivity contribution is 0.112. The lowest BCUT2D eigenvalue weighted by atomic mass is 10.2. The van der Waals surface area contributed by atoms with Crippen LogP contribution in [0, 0.1) is 0 Å². The number of thiophene rings is 6. The maximum atomic E-state index is 12.1. The molecule has 0 saturated heterocycles. The fourth-order valence-electron chi connectivity index (χ4n) is 8.80. The molecule has 6 N–H and O–H groups in total. The SMILES string of the molecule is CC(C)(C)S(=O)N=Cc1ccc(-c2ccccc2)s1.CC(N)c1ccc(-c2ccccc2)s1.CC(N)c1ccc(-c2ccccc2)s1.CC(NS(=O)C(C)(C)C)c1ccc(-c2ccccc2)s1.CC(NS(=O)C(C)(C)C)c1ccc(-c2ccccc2)s1.O=Cc1ccc(-c2ccccc2)s1. The first kappa shape index (κ1) is 80.5. The Balaban J connectivity index is 0.000000170. The zero-order chi connectivity index (χ0) is 72.4. The molecule has 0 saturated carbocycles. The molecule has 0 fully saturated rings. The van der Waals surface area contributed by atoms with E-state index >= 15 is 0 Å². The quantitative estimate of drug-likeness (QED) is 0.0525. The van der Waals surface area contributed by atoms with E-state index in [9.17, 15) is 17.4 Å². The van der Waals surface area contributed by atoms with Crippen LogP contribution in [0.15, 0.2) is 259 Å². The topological polar surface area (TPSA) is 157 Å². The molecule has 6 aromatic carbocycles. The number of carbonyl (C=O) groups excluding carboxylic acids is 1. The van der Waals surface area contributed by atoms with Gasteiger partial charge in [0.25, 0.3) is 0 Å². The molecule has 7 unspecified atom stereocenters. The van der Waals surface area contributed by atoms with Crippen LogP contribution >= 0.6 is 68.0 Å². The summed E-state index contributed by atoms with van der Waals surface area (Å²) < 4.78 is 45.8. The third kappa shape index (κ3) is 26.2. The van der Waals surface area contributed by atoms with E-state index < -0.39 is 33.0 Å². The van der Waals surface area contributed by atoms with Gasteiger partial charge in [-0.25, -0.2) is 22.1 Å². The molecule has 6 aromatic heterocycles. The zero-order valence-corrected chi connectivity index (χ0v) is 66.5. The summed E-state index contributed by atoms with van der Waals surface area (Å²) in [6.45, 7) is 25.8. The zero-order valence-electron chi connectivity index (χ0n) is 59.1. The summed E-state index contributed by atoms with van der Waals surface area (Å²) >= 11 is 10.2. The first-order valence-electron chi connectivity index (χ1n) is 32.9. The predicted molar refractivity (Wildman–Crippen MR) is 444 cm³/mol. The van der Waals surface area contributed by atoms with Gasteiger partial charge in [0.15, 0.2) is 6.29 Å². The van der Waals surface area contributed by atoms with Gasteiger partial charge >= 0.3 is 0 Å². The molecule has 524 valence electrons. The number of nitrogens with zero attached hydrogens (tertiary/aromatic N) is 1. The number of hydrogen-bond donors (Lipinski definition) is 4. The van der Waals surface area contributed by atoms with Crippen molar-refractivity contribution in [2.24, 2.45) is 15.9 Å². The highest BCUT2D eigenvalue weighted by Gasteiger charge is 2.24. The molecular formula is C82H93N5O4S9. The number of nitrogens with two attached hydrogens (primary N) is 2. The van der Waals surface area contributed by atoms with Crippen molar-refractivity contribution in [2.75, 3.05) is 0 Å². The van der Waals surface area contributed by atoms with Gasteiger partial charge in [-0.2, -0.15) is 4.40 Å². The summed E-state index contributed by atoms with van der Waals surface area (Å²) in [5.74, 6) is 0. The van der Waals surface area contributed by atoms with E-state index in [0.717, 1.165) is 20.9 Å². The van der Waals surface area contributed by atoms with Crippen LogP contribution in [-0.4, -0.2) is 39.4 Å². The molecule has 6 heterocycles. The van der Waals surface area contributed by atoms with E-state index in [1.807, 2.05) is 191 Å². The van der Waals surface area contributed by atoms with Crippen LogP contribution in [0.3, 0.4) is 0 Å². The first-order chi connectivity index (χ1) is 47.7. The third-order valence-electron chi connectivity index (χ3n) is 14.5. The summed E-state index contributed by atoms with van der Waals surface area (Å²) in [5, 5.41) is 0. The monoisotopic (exact) mass is 1500 g/mol. The Labute approximate surface area is 625 Å². The van der Waals surface area contributed by atoms with E-state index in [1.165, 1.54) is 88.6 Å². The average Bonchev–Trinajstić information content (AvgIpc) is 1.73. The highest BCUT2D eigenvalue weighted by atomic mass is 32.2. The fraction of sp³-hybridized carbons (Fsp3) is 0.244. The van der Waals surface area contributed by atoms with Gasteiger partial charge in [0, 0.05) is 65.7 Å². The molecule has 0 aliphatic carbocycles. The molecule has 0 aliphatic heterocycles. The number of nitrogens with one attached hydrogen (secondary N) is 2. The molecule has 0 radical (unpaired) electrons. The van der Waals surface area contributed by atoms with Crippen LogP contribution in [-0.2, 0) is 33.0 Å². The molecule has 100 heavy (non-hydrogen) atoms. The van der Waals surface area contributed by atoms with Crippen molar-refractivity contribution in [1.82, 2.24) is 9.44 Å². The van der Waals surface area contributed by atoms with E-state index in [4.69, 9.17) is 11.5 Å². The second-order valence-corrected chi connectivity index (χ2v) is 38.8. The normalized spacial score (nSPS) is 13.5. The van der Waals surface area contributed by atoms with Crippen LogP contribution in [0.2, 0.25) is 0 Å². The van der Waals surface area contributed by atoms with Crippen LogP contribution in [0.25, 0.3) is 62.6 Å². The van der Waals surface area contributed by atoms with Gasteiger partial charge in [0.2, 0.25) is 0 Å². The number of aldehydes is 1. The Morgan fingerprint density at radius 1 is 0.330 bits per heavy atom. The van der Waals surface area contributed by atoms with Crippen molar-refractivity contribution in [2.45, 2.75) is 128 Å². The summed E-state index contributed by atoms with van der Waals surface area (Å²) in [4.78, 5) is 24.6. The molecule has 12 rings (SSSR count). The molecule has 0 spiro atoms. The van der Waals surface area contributed by atoms with Gasteiger partial charge in [-0.3, -0.25) is 4.79 Å². The van der Waals surface area contributed by atoms with Crippen molar-refractivity contribution in [3.8, 4) is 62.6 Å². The molecule has 0 bridgehead atoms. The van der Waals surface area contributed by atoms with Gasteiger partial charge in [-0.1, -0.05) is 182 Å². The van der Waals surface area contributed by atoms with E-state index in [1.54, 1.807) is 62.9 Å². The summed E-state index contributed by atoms with van der Waals surface area (Å²) in [7, 11) is -3.29. The minimum Gasteiger partial charge on any atom is -0.324 e. The van der Waals surface area contributed by atoms with E-state index in [-0.39, 0.29) is 38.4 Å². The second kappa shape index (κ2) is 39.5. The Bertz CT molecular complexity index is 4250. The minimum atomic E-state index is -1.20. The Morgan fingerprint density at radius 2 is 0.570 bits per heavy atom. The first-order valence-corrected chi connectivity index (χ1v) is 41.2. The predicted octanol–water partition coefficient (Wildman–Crippen LogP) is 23.4. The summed E-state index contributed by atoms with van der Waals surface area (Å²) in [6, 6.07) is 87.1. The van der Waals surface area contributed by atoms with E-state index in [2.05, 4.69) is 167 Å². The van der Waals surface area contributed by atoms with Gasteiger partial charge in [0.05, 0.1) is 59.4 Å². The lowest BCUT2D eigenvalue weighted by Gasteiger charge is -2.21. The molecule has 12 aromatic rings. The van der Waals surface area contributed by atoms with Crippen LogP contribution in [0.4, 0.5) is 0 Å². The third-order valence-corrected chi connectivity index (χ3v) is 26.6. The number of hydrogen-bond acceptors (Lipinski definition) is 12. The van der Waals surface area contributed by atoms with Crippen molar-refractivity contribution >= 4 is 113 Å². The number of rotatable bonds is 17. The fourth-order valence-corrected chi connectivity index (χ4v) is 16.8. The molecular weight excluding hydrogens is 1410 g/mol. The number of carbonyl (C=O) groups is 1. The van der Waals surface area contributed by atoms with Gasteiger partial charge < -0.3 is 11.5 Å². The maximum Gasteiger partial charge on any atom is 0.160 e. The molecule has 0 aliphatic rings. The standard InChI is InChI=1S/2C16H21NOS2.C15H17NOS2.2C12H13NS.C11H8OS/c2*1-12(17-20(18)16(2,3)4)14-10-11-15(19-14)13-8-6-5-7-9-13;1-15(2,3)19(17)16-11-13-9-10-14(18-13)12-7-5-4-6-8-12;2*1-9(13)11-7-8-12(14-11)10-5-3-2-4-6-10;12-8-10-6-7-11(13-10)9-4-2-1-3-5-9/h2*5-12,17H,1-4H3;4-11H,1-3H3;2*2-9H,13H2,1H3;1-8H. The van der Waals surface area contributed by atoms with Gasteiger partial charge in [-0.15, -0.1) is 68.0 Å². The van der Waals surface area contributed by atoms with Crippen LogP contribution < -0.4 is 20.9 Å². The Morgan fingerprint density at radius 3 is 0.810 bits per heavy atom. The van der Waals surface area contributed by atoms with Crippen LogP contribution in [0.1, 0.15) is 148 Å². The Kier molecular flexibility index (Phi) is 31.8. The lowest BCUT2D eigenvalue weighted by Crippen LogP contribution is -2.34. The van der Waals surface area contributed by atoms with Gasteiger partial charge in [-0.05, 0) is 196 Å². The average molecular weight is 1500 g/mol. The van der Waals surface area contributed by atoms with Crippen molar-refractivity contribution < 1.29 is 17.4 Å². The minimum absolute atomic E-state index is 0.0949. The number of benzene rings is 6. The largest absolute Gasteiger partial charge is 0.324 e. The Hall–Kier alpha value is -6.85. The highest BCUT2D eigenvalue weighted by molar-refractivity contribution is 7.85. The van der Waals surface area contributed by atoms with Crippen molar-refractivity contribution in [3.05, 3.63) is 284 Å². The van der Waals surface area contributed by atoms with Crippen molar-refractivity contribution in [3.63, 3.8) is 0 Å². The maximum absolute atomic E-state index is 12.1. The molecule has 18 heteroatoms. The van der Waals surface area contributed by atoms with Crippen LogP contribution in [0.5, 0.6) is 0 Å².